The lowest BCUT2D eigenvalue weighted by Gasteiger charge is -2.40. The lowest BCUT2D eigenvalue weighted by molar-refractivity contribution is -0.143. The van der Waals surface area contributed by atoms with Gasteiger partial charge in [-0.25, -0.2) is 4.39 Å². The fraction of sp³-hybridized carbons (Fsp3) is 0.481. The SMILES string of the molecule is Cc1cc(F)ccc1[C@@H]1CN(C(=O)CN(C)C)CC[C@H]1C(=O)N(C)Cc1cc(C(F)(F)F)cc(C(F)(F)F)c1.Cl. The number of halogens is 8. The molecule has 1 aliphatic rings. The van der Waals surface area contributed by atoms with Gasteiger partial charge in [0.15, 0.2) is 0 Å². The maximum absolute atomic E-state index is 13.8. The third-order valence-corrected chi connectivity index (χ3v) is 6.81. The van der Waals surface area contributed by atoms with E-state index in [1.807, 2.05) is 0 Å². The molecule has 1 aliphatic heterocycles. The Morgan fingerprint density at radius 1 is 0.950 bits per heavy atom. The molecule has 0 bridgehead atoms. The molecular weight excluding hydrogens is 567 g/mol. The fourth-order valence-electron chi connectivity index (χ4n) is 4.96. The lowest BCUT2D eigenvalue weighted by atomic mass is 9.78. The van der Waals surface area contributed by atoms with Crippen LogP contribution in [-0.2, 0) is 28.5 Å². The first-order valence-electron chi connectivity index (χ1n) is 12.2. The molecule has 1 heterocycles. The van der Waals surface area contributed by atoms with Crippen molar-refractivity contribution in [3.63, 3.8) is 0 Å². The summed E-state index contributed by atoms with van der Waals surface area (Å²) in [5, 5.41) is 0. The Hall–Kier alpha value is -2.86. The molecule has 3 rings (SSSR count). The van der Waals surface area contributed by atoms with E-state index in [0.29, 0.717) is 23.3 Å². The second-order valence-corrected chi connectivity index (χ2v) is 10.2. The molecule has 0 radical (unpaired) electrons. The smallest absolute Gasteiger partial charge is 0.341 e. The van der Waals surface area contributed by atoms with Gasteiger partial charge in [-0.1, -0.05) is 6.07 Å². The van der Waals surface area contributed by atoms with Crippen LogP contribution in [0.3, 0.4) is 0 Å². The normalized spacial score (nSPS) is 17.9. The van der Waals surface area contributed by atoms with Gasteiger partial charge < -0.3 is 14.7 Å². The number of rotatable bonds is 6. The number of amides is 2. The van der Waals surface area contributed by atoms with Crippen molar-refractivity contribution in [2.45, 2.75) is 38.2 Å². The van der Waals surface area contributed by atoms with Crippen LogP contribution in [0.15, 0.2) is 36.4 Å². The summed E-state index contributed by atoms with van der Waals surface area (Å²) in [6.07, 6.45) is -9.79. The van der Waals surface area contributed by atoms with Crippen molar-refractivity contribution >= 4 is 24.2 Å². The number of carbonyl (C=O) groups is 2. The summed E-state index contributed by atoms with van der Waals surface area (Å²) in [5.74, 6) is -2.40. The van der Waals surface area contributed by atoms with Gasteiger partial charge in [-0.15, -0.1) is 12.4 Å². The van der Waals surface area contributed by atoms with Crippen LogP contribution in [0.5, 0.6) is 0 Å². The molecule has 2 atom stereocenters. The summed E-state index contributed by atoms with van der Waals surface area (Å²) in [6, 6.07) is 5.33. The van der Waals surface area contributed by atoms with E-state index in [1.54, 1.807) is 30.8 Å². The number of hydrogen-bond acceptors (Lipinski definition) is 3. The number of benzene rings is 2. The summed E-state index contributed by atoms with van der Waals surface area (Å²) < 4.78 is 93.6. The second-order valence-electron chi connectivity index (χ2n) is 10.2. The van der Waals surface area contributed by atoms with Gasteiger partial charge in [0.25, 0.3) is 0 Å². The van der Waals surface area contributed by atoms with E-state index in [2.05, 4.69) is 0 Å². The summed E-state index contributed by atoms with van der Waals surface area (Å²) in [4.78, 5) is 30.7. The summed E-state index contributed by atoms with van der Waals surface area (Å²) in [6.45, 7) is 1.73. The van der Waals surface area contributed by atoms with Gasteiger partial charge in [0, 0.05) is 38.5 Å². The van der Waals surface area contributed by atoms with Crippen molar-refractivity contribution in [2.24, 2.45) is 5.92 Å². The van der Waals surface area contributed by atoms with Crippen molar-refractivity contribution in [1.29, 1.82) is 0 Å². The third kappa shape index (κ3) is 8.09. The maximum Gasteiger partial charge on any atom is 0.416 e. The predicted octanol–water partition coefficient (Wildman–Crippen LogP) is 5.75. The Kier molecular flexibility index (Phi) is 10.6. The van der Waals surface area contributed by atoms with E-state index >= 15 is 0 Å². The predicted molar refractivity (Wildman–Crippen MR) is 137 cm³/mol. The number of likely N-dealkylation sites (N-methyl/N-ethyl adjacent to an activating group) is 1. The van der Waals surface area contributed by atoms with Crippen LogP contribution in [0, 0.1) is 18.7 Å². The van der Waals surface area contributed by atoms with Crippen LogP contribution in [0.1, 0.15) is 40.2 Å². The number of aryl methyl sites for hydroxylation is 1. The van der Waals surface area contributed by atoms with Crippen LogP contribution in [0.25, 0.3) is 0 Å². The molecule has 0 spiro atoms. The largest absolute Gasteiger partial charge is 0.416 e. The van der Waals surface area contributed by atoms with Crippen molar-refractivity contribution in [3.05, 3.63) is 70.0 Å². The summed E-state index contributed by atoms with van der Waals surface area (Å²) in [5.41, 5.74) is -2.03. The van der Waals surface area contributed by atoms with Crippen LogP contribution in [-0.4, -0.2) is 67.3 Å². The van der Waals surface area contributed by atoms with Gasteiger partial charge in [0.1, 0.15) is 5.82 Å². The minimum atomic E-state index is -5.00. The molecule has 0 aliphatic carbocycles. The van der Waals surface area contributed by atoms with Crippen molar-refractivity contribution in [2.75, 3.05) is 40.8 Å². The molecule has 0 N–H and O–H groups in total. The molecule has 0 saturated carbocycles. The van der Waals surface area contributed by atoms with E-state index in [4.69, 9.17) is 0 Å². The summed E-state index contributed by atoms with van der Waals surface area (Å²) >= 11 is 0. The first-order valence-corrected chi connectivity index (χ1v) is 12.2. The Morgan fingerprint density at radius 2 is 1.52 bits per heavy atom. The number of alkyl halides is 6. The molecular formula is C27H31ClF7N3O2. The highest BCUT2D eigenvalue weighted by Crippen LogP contribution is 2.38. The Bertz CT molecular complexity index is 1190. The maximum atomic E-state index is 13.8. The van der Waals surface area contributed by atoms with Gasteiger partial charge in [-0.05, 0) is 74.5 Å². The van der Waals surface area contributed by atoms with Crippen molar-refractivity contribution < 1.29 is 40.3 Å². The molecule has 1 saturated heterocycles. The van der Waals surface area contributed by atoms with Crippen LogP contribution >= 0.6 is 12.4 Å². The molecule has 5 nitrogen and oxygen atoms in total. The fourth-order valence-corrected chi connectivity index (χ4v) is 4.96. The average Bonchev–Trinajstić information content (AvgIpc) is 2.81. The first-order chi connectivity index (χ1) is 18.0. The third-order valence-electron chi connectivity index (χ3n) is 6.81. The van der Waals surface area contributed by atoms with E-state index in [9.17, 15) is 40.3 Å². The molecule has 0 unspecified atom stereocenters. The zero-order valence-corrected chi connectivity index (χ0v) is 23.2. The first kappa shape index (κ1) is 33.3. The molecule has 0 aromatic heterocycles. The lowest BCUT2D eigenvalue weighted by Crippen LogP contribution is -2.49. The van der Waals surface area contributed by atoms with E-state index in [1.165, 1.54) is 25.2 Å². The number of likely N-dealkylation sites (tertiary alicyclic amines) is 1. The minimum Gasteiger partial charge on any atom is -0.341 e. The van der Waals surface area contributed by atoms with Crippen molar-refractivity contribution in [3.8, 4) is 0 Å². The summed E-state index contributed by atoms with van der Waals surface area (Å²) in [7, 11) is 4.79. The molecule has 40 heavy (non-hydrogen) atoms. The van der Waals surface area contributed by atoms with E-state index in [0.717, 1.165) is 4.90 Å². The van der Waals surface area contributed by atoms with Crippen LogP contribution in [0.2, 0.25) is 0 Å². The van der Waals surface area contributed by atoms with E-state index in [-0.39, 0.29) is 56.0 Å². The molecule has 2 aromatic rings. The molecule has 222 valence electrons. The van der Waals surface area contributed by atoms with Crippen LogP contribution < -0.4 is 0 Å². The second kappa shape index (κ2) is 12.8. The number of carbonyl (C=O) groups excluding carboxylic acids is 2. The molecule has 13 heteroatoms. The van der Waals surface area contributed by atoms with Gasteiger partial charge in [-0.2, -0.15) is 26.3 Å². The number of piperidine rings is 1. The van der Waals surface area contributed by atoms with Crippen LogP contribution in [0.4, 0.5) is 30.7 Å². The van der Waals surface area contributed by atoms with Gasteiger partial charge in [-0.3, -0.25) is 9.59 Å². The van der Waals surface area contributed by atoms with E-state index < -0.39 is 53.6 Å². The average molecular weight is 598 g/mol. The quantitative estimate of drug-likeness (QED) is 0.399. The minimum absolute atomic E-state index is 0. The number of hydrogen-bond donors (Lipinski definition) is 0. The molecule has 2 aromatic carbocycles. The topological polar surface area (TPSA) is 43.9 Å². The zero-order valence-electron chi connectivity index (χ0n) is 22.4. The number of nitrogens with zero attached hydrogens (tertiary/aromatic N) is 3. The highest BCUT2D eigenvalue weighted by atomic mass is 35.5. The Labute approximate surface area is 234 Å². The molecule has 2 amide bonds. The van der Waals surface area contributed by atoms with Crippen molar-refractivity contribution in [1.82, 2.24) is 14.7 Å². The standard InChI is InChI=1S/C27H30F7N3O2.ClH/c1-16-9-20(28)5-6-21(16)23-14-37(24(38)15-35(2)3)8-7-22(23)25(39)36(4)13-17-10-18(26(29,30)31)12-19(11-17)27(32,33)34;/h5-6,9-12,22-23H,7-8,13-15H2,1-4H3;1H/t22-,23+;/m1./s1. The van der Waals surface area contributed by atoms with Gasteiger partial charge >= 0.3 is 12.4 Å². The highest BCUT2D eigenvalue weighted by Gasteiger charge is 2.40. The highest BCUT2D eigenvalue weighted by molar-refractivity contribution is 5.85. The van der Waals surface area contributed by atoms with Gasteiger partial charge in [0.2, 0.25) is 11.8 Å². The Balaban J connectivity index is 0.00000560. The molecule has 1 fully saturated rings. The monoisotopic (exact) mass is 597 g/mol. The zero-order chi connectivity index (χ0) is 29.3. The Morgan fingerprint density at radius 3 is 2.02 bits per heavy atom. The van der Waals surface area contributed by atoms with Gasteiger partial charge in [0.05, 0.1) is 17.7 Å².